The quantitative estimate of drug-likeness (QED) is 0.336. The molecule has 33 heavy (non-hydrogen) atoms. The fraction of sp³-hybridized carbons (Fsp3) is 0.0741. The third-order valence-corrected chi connectivity index (χ3v) is 9.63. The Hall–Kier alpha value is -3.27. The van der Waals surface area contributed by atoms with Gasteiger partial charge in [0, 0.05) is 52.5 Å². The predicted octanol–water partition coefficient (Wildman–Crippen LogP) is 5.28. The molecular weight excluding hydrogens is 445 g/mol. The Morgan fingerprint density at radius 2 is 1.73 bits per heavy atom. The maximum absolute atomic E-state index is 6.10. The fourth-order valence-electron chi connectivity index (χ4n) is 4.11. The average molecular weight is 468 g/mol. The molecule has 0 N–H and O–H groups in total. The molecule has 4 aromatic rings. The van der Waals surface area contributed by atoms with E-state index in [2.05, 4.69) is 94.9 Å². The molecule has 6 heteroatoms. The van der Waals surface area contributed by atoms with Gasteiger partial charge in [0.1, 0.15) is 5.75 Å². The Kier molecular flexibility index (Phi) is 5.29. The second-order valence-corrected chi connectivity index (χ2v) is 11.2. The smallest absolute Gasteiger partial charge is 0.219 e. The van der Waals surface area contributed by atoms with Crippen molar-refractivity contribution in [3.8, 4) is 11.6 Å². The van der Waals surface area contributed by atoms with Gasteiger partial charge in [-0.1, -0.05) is 48.2 Å². The first-order valence-electron chi connectivity index (χ1n) is 10.8. The highest BCUT2D eigenvalue weighted by molar-refractivity contribution is 8.02. The van der Waals surface area contributed by atoms with Crippen LogP contribution in [0, 0.1) is 0 Å². The number of ether oxygens (including phenoxy) is 1. The van der Waals surface area contributed by atoms with E-state index in [9.17, 15) is 0 Å². The van der Waals surface area contributed by atoms with Crippen LogP contribution in [0.25, 0.3) is 0 Å². The number of aromatic nitrogens is 1. The molecule has 0 saturated carbocycles. The van der Waals surface area contributed by atoms with Crippen LogP contribution in [0.1, 0.15) is 0 Å². The molecule has 0 spiro atoms. The number of benzene rings is 3. The number of nitrogens with zero attached hydrogens (tertiary/aromatic N) is 3. The second-order valence-electron chi connectivity index (χ2n) is 7.99. The van der Waals surface area contributed by atoms with Crippen molar-refractivity contribution in [3.05, 3.63) is 104 Å². The standard InChI is InChI=1S/C27H22N3OPS/c1-29-15-16-30(19-29)20-7-6-8-22(17-20)32-23-9-2-3-10-25(23)33-26-13-12-21(18-24(26)32)31-27-11-4-5-14-28-27/h2-18H,19H2,1H3. The molecule has 0 amide bonds. The molecule has 3 aromatic carbocycles. The minimum atomic E-state index is -0.717. The molecule has 0 fully saturated rings. The van der Waals surface area contributed by atoms with Crippen molar-refractivity contribution < 1.29 is 4.74 Å². The number of rotatable bonds is 4. The number of fused-ring (bicyclic) bond motifs is 2. The molecule has 3 heterocycles. The van der Waals surface area contributed by atoms with E-state index in [0.29, 0.717) is 5.88 Å². The van der Waals surface area contributed by atoms with Crippen LogP contribution < -0.4 is 25.6 Å². The zero-order chi connectivity index (χ0) is 22.2. The van der Waals surface area contributed by atoms with Crippen LogP contribution in [-0.2, 0) is 0 Å². The third kappa shape index (κ3) is 3.99. The van der Waals surface area contributed by atoms with Crippen molar-refractivity contribution in [2.24, 2.45) is 0 Å². The Morgan fingerprint density at radius 3 is 2.58 bits per heavy atom. The lowest BCUT2D eigenvalue weighted by Crippen LogP contribution is -2.27. The summed E-state index contributed by atoms with van der Waals surface area (Å²) in [5, 5.41) is 4.06. The number of anilines is 1. The highest BCUT2D eigenvalue weighted by atomic mass is 32.2. The van der Waals surface area contributed by atoms with Crippen molar-refractivity contribution >= 4 is 41.3 Å². The molecular formula is C27H22N3OPS. The molecule has 162 valence electrons. The van der Waals surface area contributed by atoms with Crippen LogP contribution in [0.3, 0.4) is 0 Å². The largest absolute Gasteiger partial charge is 0.439 e. The highest BCUT2D eigenvalue weighted by Gasteiger charge is 2.28. The summed E-state index contributed by atoms with van der Waals surface area (Å²) >= 11 is 1.84. The van der Waals surface area contributed by atoms with E-state index in [1.54, 1.807) is 6.20 Å². The predicted molar refractivity (Wildman–Crippen MR) is 138 cm³/mol. The number of pyridine rings is 1. The van der Waals surface area contributed by atoms with E-state index in [4.69, 9.17) is 4.74 Å². The van der Waals surface area contributed by atoms with Crippen molar-refractivity contribution in [3.63, 3.8) is 0 Å². The first kappa shape index (κ1) is 20.3. The molecule has 6 rings (SSSR count). The van der Waals surface area contributed by atoms with Crippen LogP contribution in [0.15, 0.2) is 113 Å². The molecule has 1 atom stereocenters. The minimum Gasteiger partial charge on any atom is -0.439 e. The third-order valence-electron chi connectivity index (χ3n) is 5.65. The Bertz CT molecular complexity index is 1340. The molecule has 0 saturated heterocycles. The van der Waals surface area contributed by atoms with Gasteiger partial charge in [0.05, 0.1) is 6.67 Å². The van der Waals surface area contributed by atoms with E-state index in [1.165, 1.54) is 31.4 Å². The van der Waals surface area contributed by atoms with Crippen molar-refractivity contribution in [2.75, 3.05) is 18.6 Å². The summed E-state index contributed by atoms with van der Waals surface area (Å²) in [7, 11) is 1.38. The van der Waals surface area contributed by atoms with Gasteiger partial charge in [-0.3, -0.25) is 0 Å². The van der Waals surface area contributed by atoms with Crippen LogP contribution in [-0.4, -0.2) is 23.6 Å². The molecule has 2 aliphatic heterocycles. The van der Waals surface area contributed by atoms with Gasteiger partial charge < -0.3 is 14.5 Å². The van der Waals surface area contributed by atoms with Gasteiger partial charge >= 0.3 is 0 Å². The first-order chi connectivity index (χ1) is 16.2. The summed E-state index contributed by atoms with van der Waals surface area (Å²) in [4.78, 5) is 11.4. The lowest BCUT2D eigenvalue weighted by Gasteiger charge is -2.29. The van der Waals surface area contributed by atoms with E-state index in [-0.39, 0.29) is 0 Å². The summed E-state index contributed by atoms with van der Waals surface area (Å²) in [5.74, 6) is 1.43. The molecule has 0 bridgehead atoms. The molecule has 2 aliphatic rings. The van der Waals surface area contributed by atoms with Crippen LogP contribution in [0.4, 0.5) is 5.69 Å². The first-order valence-corrected chi connectivity index (χ1v) is 13.0. The zero-order valence-electron chi connectivity index (χ0n) is 18.1. The SMILES string of the molecule is CN1C=CN(c2cccc(P3c4ccccc4Sc4ccc(Oc5ccccn5)cc43)c2)C1. The maximum Gasteiger partial charge on any atom is 0.219 e. The van der Waals surface area contributed by atoms with Gasteiger partial charge in [-0.2, -0.15) is 0 Å². The topological polar surface area (TPSA) is 28.6 Å². The summed E-state index contributed by atoms with van der Waals surface area (Å²) in [6.45, 7) is 0.868. The number of hydrogen-bond donors (Lipinski definition) is 0. The van der Waals surface area contributed by atoms with Gasteiger partial charge in [0.2, 0.25) is 5.88 Å². The van der Waals surface area contributed by atoms with Crippen LogP contribution in [0.2, 0.25) is 0 Å². The lowest BCUT2D eigenvalue weighted by molar-refractivity contribution is 0.463. The molecule has 4 nitrogen and oxygen atoms in total. The van der Waals surface area contributed by atoms with Gasteiger partial charge in [-0.15, -0.1) is 0 Å². The van der Waals surface area contributed by atoms with Gasteiger partial charge in [0.25, 0.3) is 0 Å². The van der Waals surface area contributed by atoms with Crippen molar-refractivity contribution in [2.45, 2.75) is 9.79 Å². The van der Waals surface area contributed by atoms with E-state index in [1.807, 2.05) is 36.0 Å². The summed E-state index contributed by atoms with van der Waals surface area (Å²) in [6.07, 6.45) is 6.01. The number of hydrogen-bond acceptors (Lipinski definition) is 5. The van der Waals surface area contributed by atoms with Crippen LogP contribution in [0.5, 0.6) is 11.6 Å². The molecule has 1 unspecified atom stereocenters. The highest BCUT2D eigenvalue weighted by Crippen LogP contribution is 2.47. The fourth-order valence-corrected chi connectivity index (χ4v) is 8.18. The van der Waals surface area contributed by atoms with Crippen molar-refractivity contribution in [1.29, 1.82) is 0 Å². The minimum absolute atomic E-state index is 0.609. The second kappa shape index (κ2) is 8.58. The normalized spacial score (nSPS) is 16.5. The zero-order valence-corrected chi connectivity index (χ0v) is 19.8. The average Bonchev–Trinajstić information content (AvgIpc) is 3.30. The van der Waals surface area contributed by atoms with Crippen LogP contribution >= 0.6 is 19.7 Å². The van der Waals surface area contributed by atoms with E-state index >= 15 is 0 Å². The van der Waals surface area contributed by atoms with Gasteiger partial charge in [-0.25, -0.2) is 4.98 Å². The summed E-state index contributed by atoms with van der Waals surface area (Å²) in [5.41, 5.74) is 1.22. The Labute approximate surface area is 199 Å². The summed E-state index contributed by atoms with van der Waals surface area (Å²) in [6, 6.07) is 29.9. The maximum atomic E-state index is 6.10. The molecule has 0 radical (unpaired) electrons. The molecule has 1 aromatic heterocycles. The van der Waals surface area contributed by atoms with Crippen molar-refractivity contribution in [1.82, 2.24) is 9.88 Å². The van der Waals surface area contributed by atoms with Gasteiger partial charge in [0.15, 0.2) is 0 Å². The lowest BCUT2D eigenvalue weighted by atomic mass is 10.3. The molecule has 0 aliphatic carbocycles. The van der Waals surface area contributed by atoms with E-state index in [0.717, 1.165) is 12.4 Å². The summed E-state index contributed by atoms with van der Waals surface area (Å²) < 4.78 is 6.10. The van der Waals surface area contributed by atoms with Gasteiger partial charge in [-0.05, 0) is 61.0 Å². The monoisotopic (exact) mass is 467 g/mol. The van der Waals surface area contributed by atoms with E-state index < -0.39 is 7.92 Å². The Balaban J connectivity index is 1.44. The Morgan fingerprint density at radius 1 is 0.848 bits per heavy atom.